The first kappa shape index (κ1) is 18.0. The van der Waals surface area contributed by atoms with Crippen LogP contribution in [0.25, 0.3) is 0 Å². The van der Waals surface area contributed by atoms with Crippen molar-refractivity contribution in [1.29, 1.82) is 0 Å². The van der Waals surface area contributed by atoms with Gasteiger partial charge in [0.05, 0.1) is 30.8 Å². The summed E-state index contributed by atoms with van der Waals surface area (Å²) in [7, 11) is 1.80. The number of aryl methyl sites for hydroxylation is 1. The third-order valence-electron chi connectivity index (χ3n) is 4.45. The minimum atomic E-state index is -0.192. The van der Waals surface area contributed by atoms with E-state index in [4.69, 9.17) is 4.74 Å². The van der Waals surface area contributed by atoms with Crippen LogP contribution in [0.3, 0.4) is 0 Å². The lowest BCUT2D eigenvalue weighted by Gasteiger charge is -2.32. The number of hydrogen-bond donors (Lipinski definition) is 1. The fourth-order valence-electron chi connectivity index (χ4n) is 3.08. The molecule has 7 nitrogen and oxygen atoms in total. The molecule has 0 bridgehead atoms. The van der Waals surface area contributed by atoms with Gasteiger partial charge < -0.3 is 15.0 Å². The molecule has 1 aromatic heterocycles. The lowest BCUT2D eigenvalue weighted by molar-refractivity contribution is -0.135. The number of aromatic nitrogens is 2. The Hall–Kier alpha value is -2.83. The van der Waals surface area contributed by atoms with Crippen LogP contribution in [0.5, 0.6) is 5.75 Å². The fourth-order valence-corrected chi connectivity index (χ4v) is 3.08. The molecule has 2 heterocycles. The van der Waals surface area contributed by atoms with Crippen molar-refractivity contribution in [2.75, 3.05) is 25.0 Å². The van der Waals surface area contributed by atoms with Crippen LogP contribution in [-0.4, -0.2) is 46.2 Å². The summed E-state index contributed by atoms with van der Waals surface area (Å²) >= 11 is 0. The fraction of sp³-hybridized carbons (Fsp3) is 0.421. The van der Waals surface area contributed by atoms with E-state index in [2.05, 4.69) is 10.4 Å². The molecule has 7 heteroatoms. The minimum absolute atomic E-state index is 0.0276. The van der Waals surface area contributed by atoms with Gasteiger partial charge in [-0.2, -0.15) is 5.10 Å². The number of ether oxygens (including phenoxy) is 1. The van der Waals surface area contributed by atoms with E-state index in [0.717, 1.165) is 18.6 Å². The molecule has 2 aromatic rings. The summed E-state index contributed by atoms with van der Waals surface area (Å²) in [6.45, 7) is 1.49. The SMILES string of the molecule is Cn1cc(NC(=O)C2CCCN(C(=O)CCOc3ccccc3)C2)cn1. The maximum atomic E-state index is 12.4. The normalized spacial score (nSPS) is 17.0. The van der Waals surface area contributed by atoms with Gasteiger partial charge in [0, 0.05) is 26.3 Å². The van der Waals surface area contributed by atoms with Gasteiger partial charge in [-0.25, -0.2) is 0 Å². The zero-order valence-corrected chi connectivity index (χ0v) is 14.9. The Bertz CT molecular complexity index is 744. The van der Waals surface area contributed by atoms with Gasteiger partial charge in [-0.05, 0) is 25.0 Å². The Morgan fingerprint density at radius 2 is 2.12 bits per heavy atom. The van der Waals surface area contributed by atoms with Crippen LogP contribution >= 0.6 is 0 Å². The lowest BCUT2D eigenvalue weighted by Crippen LogP contribution is -2.44. The summed E-state index contributed by atoms with van der Waals surface area (Å²) in [6, 6.07) is 9.44. The highest BCUT2D eigenvalue weighted by Crippen LogP contribution is 2.19. The van der Waals surface area contributed by atoms with E-state index in [9.17, 15) is 9.59 Å². The Kier molecular flexibility index (Phi) is 5.88. The van der Waals surface area contributed by atoms with Crippen LogP contribution in [0.15, 0.2) is 42.7 Å². The first-order valence-corrected chi connectivity index (χ1v) is 8.87. The third kappa shape index (κ3) is 4.84. The van der Waals surface area contributed by atoms with Crippen molar-refractivity contribution in [2.45, 2.75) is 19.3 Å². The van der Waals surface area contributed by atoms with Crippen molar-refractivity contribution < 1.29 is 14.3 Å². The molecule has 0 saturated carbocycles. The molecule has 1 aliphatic rings. The molecule has 1 N–H and O–H groups in total. The van der Waals surface area contributed by atoms with Crippen molar-refractivity contribution in [3.8, 4) is 5.75 Å². The number of amides is 2. The van der Waals surface area contributed by atoms with Crippen LogP contribution in [0.2, 0.25) is 0 Å². The number of carbonyl (C=O) groups excluding carboxylic acids is 2. The number of benzene rings is 1. The average Bonchev–Trinajstić information content (AvgIpc) is 3.07. The van der Waals surface area contributed by atoms with Crippen molar-refractivity contribution >= 4 is 17.5 Å². The Labute approximate surface area is 152 Å². The molecular weight excluding hydrogens is 332 g/mol. The van der Waals surface area contributed by atoms with Gasteiger partial charge in [0.2, 0.25) is 11.8 Å². The van der Waals surface area contributed by atoms with E-state index in [1.165, 1.54) is 0 Å². The highest BCUT2D eigenvalue weighted by Gasteiger charge is 2.28. The summed E-state index contributed by atoms with van der Waals surface area (Å²) in [5.74, 6) is 0.534. The summed E-state index contributed by atoms with van der Waals surface area (Å²) in [4.78, 5) is 26.6. The molecular formula is C19H24N4O3. The second-order valence-electron chi connectivity index (χ2n) is 6.48. The average molecular weight is 356 g/mol. The third-order valence-corrected chi connectivity index (χ3v) is 4.45. The number of nitrogens with zero attached hydrogens (tertiary/aromatic N) is 3. The molecule has 1 aliphatic heterocycles. The highest BCUT2D eigenvalue weighted by molar-refractivity contribution is 5.93. The van der Waals surface area contributed by atoms with Gasteiger partial charge in [-0.1, -0.05) is 18.2 Å². The molecule has 1 atom stereocenters. The number of nitrogens with one attached hydrogen (secondary N) is 1. The zero-order valence-electron chi connectivity index (χ0n) is 14.9. The Morgan fingerprint density at radius 3 is 2.85 bits per heavy atom. The van der Waals surface area contributed by atoms with Crippen molar-refractivity contribution in [1.82, 2.24) is 14.7 Å². The highest BCUT2D eigenvalue weighted by atomic mass is 16.5. The summed E-state index contributed by atoms with van der Waals surface area (Å²) in [6.07, 6.45) is 5.30. The number of rotatable bonds is 6. The number of likely N-dealkylation sites (tertiary alicyclic amines) is 1. The summed E-state index contributed by atoms with van der Waals surface area (Å²) < 4.78 is 7.22. The number of carbonyl (C=O) groups is 2. The molecule has 1 unspecified atom stereocenters. The molecule has 3 rings (SSSR count). The quantitative estimate of drug-likeness (QED) is 0.860. The van der Waals surface area contributed by atoms with E-state index < -0.39 is 0 Å². The van der Waals surface area contributed by atoms with Crippen LogP contribution in [-0.2, 0) is 16.6 Å². The monoisotopic (exact) mass is 356 g/mol. The second kappa shape index (κ2) is 8.51. The van der Waals surface area contributed by atoms with E-state index in [1.807, 2.05) is 30.3 Å². The first-order valence-electron chi connectivity index (χ1n) is 8.87. The van der Waals surface area contributed by atoms with E-state index in [0.29, 0.717) is 31.8 Å². The molecule has 26 heavy (non-hydrogen) atoms. The standard InChI is InChI=1S/C19H24N4O3/c1-22-14-16(12-20-22)21-19(25)15-6-5-10-23(13-15)18(24)9-11-26-17-7-3-2-4-8-17/h2-4,7-8,12,14-15H,5-6,9-11,13H2,1H3,(H,21,25). The van der Waals surface area contributed by atoms with Crippen LogP contribution < -0.4 is 10.1 Å². The smallest absolute Gasteiger partial charge is 0.229 e. The molecule has 2 amide bonds. The van der Waals surface area contributed by atoms with Crippen molar-refractivity contribution in [3.05, 3.63) is 42.7 Å². The topological polar surface area (TPSA) is 76.5 Å². The Morgan fingerprint density at radius 1 is 1.31 bits per heavy atom. The van der Waals surface area contributed by atoms with Gasteiger partial charge in [0.15, 0.2) is 0 Å². The van der Waals surface area contributed by atoms with Crippen LogP contribution in [0.1, 0.15) is 19.3 Å². The summed E-state index contributed by atoms with van der Waals surface area (Å²) in [5, 5.41) is 6.91. The summed E-state index contributed by atoms with van der Waals surface area (Å²) in [5.41, 5.74) is 0.678. The van der Waals surface area contributed by atoms with Gasteiger partial charge in [-0.15, -0.1) is 0 Å². The largest absolute Gasteiger partial charge is 0.493 e. The lowest BCUT2D eigenvalue weighted by atomic mass is 9.97. The zero-order chi connectivity index (χ0) is 18.4. The number of anilines is 1. The molecule has 0 aliphatic carbocycles. The molecule has 1 aromatic carbocycles. The first-order chi connectivity index (χ1) is 12.6. The van der Waals surface area contributed by atoms with Crippen molar-refractivity contribution in [3.63, 3.8) is 0 Å². The van der Waals surface area contributed by atoms with Gasteiger partial charge in [0.25, 0.3) is 0 Å². The van der Waals surface area contributed by atoms with E-state index >= 15 is 0 Å². The Balaban J connectivity index is 1.46. The van der Waals surface area contributed by atoms with E-state index in [-0.39, 0.29) is 17.7 Å². The molecule has 1 fully saturated rings. The van der Waals surface area contributed by atoms with Gasteiger partial charge in [0.1, 0.15) is 5.75 Å². The van der Waals surface area contributed by atoms with Gasteiger partial charge >= 0.3 is 0 Å². The molecule has 138 valence electrons. The van der Waals surface area contributed by atoms with Crippen LogP contribution in [0.4, 0.5) is 5.69 Å². The number of piperidine rings is 1. The molecule has 0 spiro atoms. The molecule has 0 radical (unpaired) electrons. The van der Waals surface area contributed by atoms with Gasteiger partial charge in [-0.3, -0.25) is 14.3 Å². The molecule has 1 saturated heterocycles. The van der Waals surface area contributed by atoms with Crippen molar-refractivity contribution in [2.24, 2.45) is 13.0 Å². The van der Waals surface area contributed by atoms with Crippen LogP contribution in [0, 0.1) is 5.92 Å². The number of para-hydroxylation sites is 1. The maximum absolute atomic E-state index is 12.4. The minimum Gasteiger partial charge on any atom is -0.493 e. The second-order valence-corrected chi connectivity index (χ2v) is 6.48. The number of hydrogen-bond acceptors (Lipinski definition) is 4. The van der Waals surface area contributed by atoms with E-state index in [1.54, 1.807) is 29.0 Å². The predicted molar refractivity (Wildman–Crippen MR) is 97.7 cm³/mol. The maximum Gasteiger partial charge on any atom is 0.229 e. The predicted octanol–water partition coefficient (Wildman–Crippen LogP) is 2.07.